The fourth-order valence-electron chi connectivity index (χ4n) is 4.32. The molecule has 1 aromatic carbocycles. The number of aromatic amines is 1. The van der Waals surface area contributed by atoms with Crippen LogP contribution in [0.3, 0.4) is 0 Å². The molecule has 4 heterocycles. The van der Waals surface area contributed by atoms with Gasteiger partial charge in [-0.05, 0) is 55.5 Å². The van der Waals surface area contributed by atoms with Crippen molar-refractivity contribution < 1.29 is 3.07 Å². The maximum absolute atomic E-state index is 5.57. The predicted octanol–water partition coefficient (Wildman–Crippen LogP) is 3.96. The number of halogens is 1. The first-order valence-corrected chi connectivity index (χ1v) is 10.4. The summed E-state index contributed by atoms with van der Waals surface area (Å²) in [6.45, 7) is 0. The molecule has 3 N–H and O–H groups in total. The van der Waals surface area contributed by atoms with Crippen LogP contribution in [0.25, 0.3) is 22.4 Å². The van der Waals surface area contributed by atoms with Gasteiger partial charge in [0, 0.05) is 35.4 Å². The summed E-state index contributed by atoms with van der Waals surface area (Å²) in [6.07, 6.45) is 8.55. The van der Waals surface area contributed by atoms with E-state index in [-0.39, 0.29) is 0 Å². The lowest BCUT2D eigenvalue weighted by atomic mass is 10.00. The summed E-state index contributed by atoms with van der Waals surface area (Å²) in [6, 6.07) is 11.8. The van der Waals surface area contributed by atoms with Crippen molar-refractivity contribution >= 4 is 28.8 Å². The molecule has 144 valence electrons. The zero-order valence-electron chi connectivity index (χ0n) is 15.2. The predicted molar refractivity (Wildman–Crippen MR) is 116 cm³/mol. The zero-order chi connectivity index (χ0) is 18.9. The van der Waals surface area contributed by atoms with Gasteiger partial charge < -0.3 is 13.7 Å². The van der Waals surface area contributed by atoms with Crippen molar-refractivity contribution in [3.8, 4) is 28.1 Å². The summed E-state index contributed by atoms with van der Waals surface area (Å²) < 4.78 is 5.57. The van der Waals surface area contributed by atoms with E-state index in [4.69, 9.17) is 3.07 Å². The van der Waals surface area contributed by atoms with E-state index in [9.17, 15) is 0 Å². The molecule has 2 aliphatic heterocycles. The Kier molecular flexibility index (Phi) is 4.89. The third kappa shape index (κ3) is 3.58. The minimum atomic E-state index is 0.474. The van der Waals surface area contributed by atoms with Crippen molar-refractivity contribution in [1.29, 1.82) is 0 Å². The van der Waals surface area contributed by atoms with Crippen LogP contribution in [-0.2, 0) is 0 Å². The Morgan fingerprint density at radius 1 is 1.04 bits per heavy atom. The highest BCUT2D eigenvalue weighted by atomic mass is 127. The molecule has 0 aliphatic carbocycles. The van der Waals surface area contributed by atoms with Crippen molar-refractivity contribution in [2.75, 3.05) is 5.32 Å². The lowest BCUT2D eigenvalue weighted by Gasteiger charge is -2.29. The summed E-state index contributed by atoms with van der Waals surface area (Å²) in [5, 5.41) is 22.9. The molecule has 28 heavy (non-hydrogen) atoms. The Hall–Kier alpha value is -2.20. The minimum Gasteiger partial charge on any atom is -0.427 e. The molecule has 7 nitrogen and oxygen atoms in total. The number of hydrogen-bond acceptors (Lipinski definition) is 6. The molecule has 0 saturated carbocycles. The topological polar surface area (TPSA) is 87.8 Å². The van der Waals surface area contributed by atoms with Gasteiger partial charge in [-0.2, -0.15) is 5.10 Å². The second kappa shape index (κ2) is 7.67. The van der Waals surface area contributed by atoms with Crippen LogP contribution in [0.4, 0.5) is 5.82 Å². The van der Waals surface area contributed by atoms with Gasteiger partial charge >= 0.3 is 0 Å². The summed E-state index contributed by atoms with van der Waals surface area (Å²) in [4.78, 5) is 0. The maximum Gasteiger partial charge on any atom is 0.192 e. The number of anilines is 1. The number of fused-ring (bicyclic) bond motifs is 2. The van der Waals surface area contributed by atoms with E-state index >= 15 is 0 Å². The van der Waals surface area contributed by atoms with E-state index in [0.29, 0.717) is 18.1 Å². The van der Waals surface area contributed by atoms with Crippen molar-refractivity contribution in [2.24, 2.45) is 0 Å². The molecule has 2 fully saturated rings. The lowest BCUT2D eigenvalue weighted by molar-refractivity contribution is 0.377. The van der Waals surface area contributed by atoms with Crippen LogP contribution in [-0.4, -0.2) is 38.5 Å². The molecule has 2 aliphatic rings. The van der Waals surface area contributed by atoms with Gasteiger partial charge in [-0.15, -0.1) is 10.2 Å². The average Bonchev–Trinajstić information content (AvgIpc) is 3.38. The fraction of sp³-hybridized carbons (Fsp3) is 0.350. The van der Waals surface area contributed by atoms with Crippen LogP contribution in [0.15, 0.2) is 42.7 Å². The van der Waals surface area contributed by atoms with E-state index in [2.05, 4.69) is 31.0 Å². The highest BCUT2D eigenvalue weighted by molar-refractivity contribution is 14.1. The third-order valence-corrected chi connectivity index (χ3v) is 6.14. The highest BCUT2D eigenvalue weighted by Crippen LogP contribution is 2.34. The van der Waals surface area contributed by atoms with Crippen LogP contribution in [0, 0.1) is 0 Å². The monoisotopic (exact) mass is 488 g/mol. The molecule has 3 atom stereocenters. The van der Waals surface area contributed by atoms with Gasteiger partial charge in [0.25, 0.3) is 0 Å². The summed E-state index contributed by atoms with van der Waals surface area (Å²) in [5.74, 6) is 1.59. The van der Waals surface area contributed by atoms with Crippen molar-refractivity contribution in [3.63, 3.8) is 0 Å². The number of aromatic nitrogens is 4. The first-order chi connectivity index (χ1) is 13.8. The van der Waals surface area contributed by atoms with Gasteiger partial charge in [0.1, 0.15) is 11.6 Å². The smallest absolute Gasteiger partial charge is 0.192 e. The van der Waals surface area contributed by atoms with Crippen molar-refractivity contribution in [3.05, 3.63) is 42.7 Å². The molecule has 2 aromatic heterocycles. The number of hydrogen-bond donors (Lipinski definition) is 3. The number of H-pyrrole nitrogens is 1. The van der Waals surface area contributed by atoms with Gasteiger partial charge in [-0.25, -0.2) is 0 Å². The van der Waals surface area contributed by atoms with E-state index in [0.717, 1.165) is 46.8 Å². The maximum atomic E-state index is 5.57. The Labute approximate surface area is 177 Å². The normalized spacial score (nSPS) is 23.5. The third-order valence-electron chi connectivity index (χ3n) is 5.66. The molecule has 0 amide bonds. The standard InChI is InChI=1S/C20H21IN6O/c21-28-19-7-12(13-10-22-23-11-13)1-4-17(19)18-5-6-20(27-26-18)25-16-8-14-2-3-15(9-16)24-14/h1,4-7,10-11,14-16,24H,2-3,8-9H2,(H,22,23)(H,25,27)/t14-,15+,16?. The molecular formula is C20H21IN6O. The molecule has 2 saturated heterocycles. The van der Waals surface area contributed by atoms with E-state index in [1.807, 2.05) is 59.5 Å². The Bertz CT molecular complexity index is 934. The quantitative estimate of drug-likeness (QED) is 0.472. The molecule has 8 heteroatoms. The molecule has 1 unspecified atom stereocenters. The molecule has 3 aromatic rings. The second-order valence-corrected chi connectivity index (χ2v) is 7.97. The molecule has 0 radical (unpaired) electrons. The van der Waals surface area contributed by atoms with E-state index in [1.54, 1.807) is 6.20 Å². The summed E-state index contributed by atoms with van der Waals surface area (Å²) in [5.41, 5.74) is 3.76. The van der Waals surface area contributed by atoms with Gasteiger partial charge in [0.05, 0.1) is 11.9 Å². The van der Waals surface area contributed by atoms with Gasteiger partial charge in [-0.3, -0.25) is 5.10 Å². The zero-order valence-corrected chi connectivity index (χ0v) is 17.4. The first kappa shape index (κ1) is 17.9. The van der Waals surface area contributed by atoms with Crippen LogP contribution in [0.5, 0.6) is 5.75 Å². The van der Waals surface area contributed by atoms with Crippen molar-refractivity contribution in [1.82, 2.24) is 25.7 Å². The number of rotatable bonds is 5. The highest BCUT2D eigenvalue weighted by Gasteiger charge is 2.33. The van der Waals surface area contributed by atoms with Crippen molar-refractivity contribution in [2.45, 2.75) is 43.8 Å². The second-order valence-electron chi connectivity index (χ2n) is 7.53. The number of nitrogens with one attached hydrogen (secondary N) is 3. The largest absolute Gasteiger partial charge is 0.427 e. The molecule has 0 spiro atoms. The molecular weight excluding hydrogens is 467 g/mol. The fourth-order valence-corrected chi connectivity index (χ4v) is 4.69. The molecule has 5 rings (SSSR count). The number of benzene rings is 1. The van der Waals surface area contributed by atoms with E-state index < -0.39 is 0 Å². The van der Waals surface area contributed by atoms with Crippen LogP contribution >= 0.6 is 23.0 Å². The van der Waals surface area contributed by atoms with Gasteiger partial charge in [0.2, 0.25) is 0 Å². The van der Waals surface area contributed by atoms with Gasteiger partial charge in [-0.1, -0.05) is 6.07 Å². The van der Waals surface area contributed by atoms with E-state index in [1.165, 1.54) is 12.8 Å². The Morgan fingerprint density at radius 2 is 1.89 bits per heavy atom. The SMILES string of the molecule is IOc1cc(-c2cn[nH]c2)ccc1-c1ccc(NC2C[C@H]3CC[C@@H](C2)N3)nn1. The van der Waals surface area contributed by atoms with Gasteiger partial charge in [0.15, 0.2) is 23.0 Å². The Balaban J connectivity index is 1.34. The number of piperidine rings is 1. The molecule has 2 bridgehead atoms. The lowest BCUT2D eigenvalue weighted by Crippen LogP contribution is -2.43. The summed E-state index contributed by atoms with van der Waals surface area (Å²) in [7, 11) is 0. The number of nitrogens with zero attached hydrogens (tertiary/aromatic N) is 3. The summed E-state index contributed by atoms with van der Waals surface area (Å²) >= 11 is 1.90. The Morgan fingerprint density at radius 3 is 2.57 bits per heavy atom. The van der Waals surface area contributed by atoms with Crippen LogP contribution in [0.2, 0.25) is 0 Å². The average molecular weight is 488 g/mol. The first-order valence-electron chi connectivity index (χ1n) is 9.57. The minimum absolute atomic E-state index is 0.474. The van der Waals surface area contributed by atoms with Crippen LogP contribution < -0.4 is 13.7 Å². The van der Waals surface area contributed by atoms with Crippen LogP contribution in [0.1, 0.15) is 25.7 Å².